The number of nitrogens with one attached hydrogen (secondary N) is 2. The summed E-state index contributed by atoms with van der Waals surface area (Å²) in [6.45, 7) is 5.17. The first kappa shape index (κ1) is 35.8. The average molecular weight is 665 g/mol. The molecule has 1 amide bonds. The van der Waals surface area contributed by atoms with Crippen LogP contribution in [-0.4, -0.2) is 47.2 Å². The molecule has 0 saturated carbocycles. The second-order valence-corrected chi connectivity index (χ2v) is 12.0. The highest BCUT2D eigenvalue weighted by atomic mass is 19.1. The van der Waals surface area contributed by atoms with E-state index >= 15 is 0 Å². The molecule has 0 aliphatic carbocycles. The van der Waals surface area contributed by atoms with Gasteiger partial charge in [0.2, 0.25) is 5.90 Å². The summed E-state index contributed by atoms with van der Waals surface area (Å²) in [6, 6.07) is 16.7. The van der Waals surface area contributed by atoms with Gasteiger partial charge in [-0.05, 0) is 86.3 Å². The fourth-order valence-electron chi connectivity index (χ4n) is 5.08. The number of carbonyl (C=O) groups is 2. The van der Waals surface area contributed by atoms with Crippen molar-refractivity contribution in [3.05, 3.63) is 111 Å². The van der Waals surface area contributed by atoms with E-state index in [9.17, 15) is 18.4 Å². The van der Waals surface area contributed by atoms with Crippen LogP contribution in [0.3, 0.4) is 0 Å². The monoisotopic (exact) mass is 664 g/mol. The number of ether oxygens (including phenoxy) is 3. The van der Waals surface area contributed by atoms with Crippen LogP contribution in [0.15, 0.2) is 76.8 Å². The van der Waals surface area contributed by atoms with Crippen molar-refractivity contribution < 1.29 is 37.7 Å². The molecule has 0 spiro atoms. The van der Waals surface area contributed by atoms with E-state index in [0.29, 0.717) is 35.5 Å². The number of carbonyl (C=O) groups excluding carboxylic acids is 2. The molecule has 0 radical (unpaired) electrons. The summed E-state index contributed by atoms with van der Waals surface area (Å²) >= 11 is 0. The van der Waals surface area contributed by atoms with Crippen molar-refractivity contribution in [3.8, 4) is 5.75 Å². The molecule has 2 atom stereocenters. The van der Waals surface area contributed by atoms with E-state index in [4.69, 9.17) is 29.8 Å². The molecule has 0 aromatic heterocycles. The number of halogens is 2. The van der Waals surface area contributed by atoms with Gasteiger partial charge in [-0.15, -0.1) is 0 Å². The second kappa shape index (κ2) is 16.2. The lowest BCUT2D eigenvalue weighted by Crippen LogP contribution is -2.53. The standard InChI is InChI=1S/C34H38F2N6O6/c1-33(2,3)48-29(44)15-16-34(32(45)41-38-21-24-19-25(35)11-14-28(24)36)30(27-8-5-4-7-23(27)20-39-42-37)47-31(40-34)22-9-12-26(13-10-22)46-18-6-17-43/h4-5,7-14,19,30,38,43H,6,15-18,20-21H2,1-3H3,(H,41,45)/t30-,34-/m0/s1. The Morgan fingerprint density at radius 2 is 1.85 bits per heavy atom. The van der Waals surface area contributed by atoms with Crippen molar-refractivity contribution in [2.24, 2.45) is 10.1 Å². The second-order valence-electron chi connectivity index (χ2n) is 12.0. The molecule has 4 rings (SSSR count). The molecule has 0 saturated heterocycles. The maximum atomic E-state index is 14.3. The first-order valence-electron chi connectivity index (χ1n) is 15.3. The molecule has 48 heavy (non-hydrogen) atoms. The van der Waals surface area contributed by atoms with Crippen LogP contribution in [0.1, 0.15) is 68.4 Å². The van der Waals surface area contributed by atoms with E-state index in [1.54, 1.807) is 69.3 Å². The van der Waals surface area contributed by atoms with Gasteiger partial charge in [-0.1, -0.05) is 29.4 Å². The third-order valence-electron chi connectivity index (χ3n) is 7.29. The number of hydrazine groups is 1. The maximum Gasteiger partial charge on any atom is 0.306 e. The number of benzene rings is 3. The Bertz CT molecular complexity index is 1670. The minimum absolute atomic E-state index is 0.00918. The highest BCUT2D eigenvalue weighted by Crippen LogP contribution is 2.44. The number of rotatable bonds is 15. The molecule has 1 aliphatic heterocycles. The van der Waals surface area contributed by atoms with E-state index in [1.165, 1.54) is 0 Å². The first-order valence-corrected chi connectivity index (χ1v) is 15.3. The summed E-state index contributed by atoms with van der Waals surface area (Å²) in [7, 11) is 0. The summed E-state index contributed by atoms with van der Waals surface area (Å²) in [5.74, 6) is -1.96. The zero-order valence-corrected chi connectivity index (χ0v) is 26.9. The number of nitrogens with zero attached hydrogens (tertiary/aromatic N) is 4. The summed E-state index contributed by atoms with van der Waals surface area (Å²) in [6.07, 6.45) is -1.05. The largest absolute Gasteiger partial charge is 0.494 e. The van der Waals surface area contributed by atoms with Gasteiger partial charge in [-0.3, -0.25) is 15.0 Å². The van der Waals surface area contributed by atoms with Gasteiger partial charge in [0.05, 0.1) is 13.2 Å². The van der Waals surface area contributed by atoms with Gasteiger partial charge in [-0.2, -0.15) is 0 Å². The first-order chi connectivity index (χ1) is 23.0. The van der Waals surface area contributed by atoms with Crippen LogP contribution in [0.2, 0.25) is 0 Å². The van der Waals surface area contributed by atoms with E-state index in [1.807, 2.05) is 0 Å². The molecule has 14 heteroatoms. The van der Waals surface area contributed by atoms with Gasteiger partial charge in [0.25, 0.3) is 5.91 Å². The van der Waals surface area contributed by atoms with Crippen LogP contribution in [0.25, 0.3) is 10.4 Å². The van der Waals surface area contributed by atoms with Gasteiger partial charge in [0.1, 0.15) is 23.0 Å². The molecule has 0 bridgehead atoms. The maximum absolute atomic E-state index is 14.3. The fraction of sp³-hybridized carbons (Fsp3) is 0.382. The fourth-order valence-corrected chi connectivity index (χ4v) is 5.08. The molecule has 0 unspecified atom stereocenters. The summed E-state index contributed by atoms with van der Waals surface area (Å²) < 4.78 is 45.7. The highest BCUT2D eigenvalue weighted by molar-refractivity contribution is 6.01. The number of amides is 1. The molecular weight excluding hydrogens is 626 g/mol. The van der Waals surface area contributed by atoms with Crippen molar-refractivity contribution >= 4 is 17.8 Å². The van der Waals surface area contributed by atoms with Crippen LogP contribution in [0.4, 0.5) is 8.78 Å². The van der Waals surface area contributed by atoms with E-state index in [2.05, 4.69) is 20.9 Å². The predicted molar refractivity (Wildman–Crippen MR) is 172 cm³/mol. The molecule has 3 N–H and O–H groups in total. The minimum atomic E-state index is -1.79. The minimum Gasteiger partial charge on any atom is -0.494 e. The number of hydrogen-bond donors (Lipinski definition) is 3. The SMILES string of the molecule is CC(C)(C)OC(=O)CC[C@]1(C(=O)NNCc2cc(F)ccc2F)N=C(c2ccc(OCCCO)cc2)O[C@H]1c1ccccc1CN=[N+]=[N-]. The Kier molecular flexibility index (Phi) is 12.1. The van der Waals surface area contributed by atoms with Crippen LogP contribution in [-0.2, 0) is 32.2 Å². The smallest absolute Gasteiger partial charge is 0.306 e. The van der Waals surface area contributed by atoms with Crippen molar-refractivity contribution in [2.45, 2.75) is 70.4 Å². The normalized spacial score (nSPS) is 17.1. The van der Waals surface area contributed by atoms with Crippen molar-refractivity contribution in [2.75, 3.05) is 13.2 Å². The number of esters is 1. The van der Waals surface area contributed by atoms with Crippen molar-refractivity contribution in [1.29, 1.82) is 0 Å². The number of aliphatic hydroxyl groups excluding tert-OH is 1. The molecule has 0 fully saturated rings. The van der Waals surface area contributed by atoms with E-state index in [-0.39, 0.29) is 44.0 Å². The molecule has 3 aromatic rings. The third-order valence-corrected chi connectivity index (χ3v) is 7.29. The lowest BCUT2D eigenvalue weighted by molar-refractivity contribution is -0.155. The Morgan fingerprint density at radius 1 is 1.10 bits per heavy atom. The molecular formula is C34H38F2N6O6. The lowest BCUT2D eigenvalue weighted by Gasteiger charge is -2.31. The van der Waals surface area contributed by atoms with Gasteiger partial charge in [0.15, 0.2) is 11.6 Å². The third kappa shape index (κ3) is 9.28. The summed E-state index contributed by atoms with van der Waals surface area (Å²) in [5, 5.41) is 12.7. The molecule has 3 aromatic carbocycles. The van der Waals surface area contributed by atoms with E-state index < -0.39 is 40.8 Å². The number of aliphatic imine (C=N–C) groups is 1. The average Bonchev–Trinajstić information content (AvgIpc) is 3.45. The topological polar surface area (TPSA) is 167 Å². The number of aliphatic hydroxyl groups is 1. The highest BCUT2D eigenvalue weighted by Gasteiger charge is 2.54. The zero-order valence-electron chi connectivity index (χ0n) is 26.9. The number of hydrogen-bond acceptors (Lipinski definition) is 9. The van der Waals surface area contributed by atoms with Crippen LogP contribution in [0.5, 0.6) is 5.75 Å². The Hall–Kier alpha value is -5.04. The van der Waals surface area contributed by atoms with Crippen LogP contribution < -0.4 is 15.6 Å². The Balaban J connectivity index is 1.75. The Labute approximate surface area is 276 Å². The molecule has 1 aliphatic rings. The van der Waals surface area contributed by atoms with Crippen molar-refractivity contribution in [3.63, 3.8) is 0 Å². The quantitative estimate of drug-likeness (QED) is 0.0465. The Morgan fingerprint density at radius 3 is 2.56 bits per heavy atom. The van der Waals surface area contributed by atoms with Gasteiger partial charge >= 0.3 is 5.97 Å². The van der Waals surface area contributed by atoms with Crippen LogP contribution in [0, 0.1) is 11.6 Å². The summed E-state index contributed by atoms with van der Waals surface area (Å²) in [4.78, 5) is 35.0. The van der Waals surface area contributed by atoms with Gasteiger partial charge in [0, 0.05) is 42.0 Å². The van der Waals surface area contributed by atoms with Crippen LogP contribution >= 0.6 is 0 Å². The molecule has 254 valence electrons. The van der Waals surface area contributed by atoms with Gasteiger partial charge < -0.3 is 19.3 Å². The number of azide groups is 1. The zero-order chi connectivity index (χ0) is 34.7. The lowest BCUT2D eigenvalue weighted by atomic mass is 9.82. The van der Waals surface area contributed by atoms with E-state index in [0.717, 1.165) is 18.2 Å². The van der Waals surface area contributed by atoms with Gasteiger partial charge in [-0.25, -0.2) is 19.2 Å². The predicted octanol–water partition coefficient (Wildman–Crippen LogP) is 5.74. The van der Waals surface area contributed by atoms with Crippen molar-refractivity contribution in [1.82, 2.24) is 10.9 Å². The summed E-state index contributed by atoms with van der Waals surface area (Å²) in [5.41, 5.74) is 13.2. The molecule has 1 heterocycles. The molecule has 12 nitrogen and oxygen atoms in total.